The van der Waals surface area contributed by atoms with Gasteiger partial charge in [0.05, 0.1) is 17.8 Å². The average molecular weight is 380 g/mol. The highest BCUT2D eigenvalue weighted by Crippen LogP contribution is 2.33. The highest BCUT2D eigenvalue weighted by atomic mass is 19.1. The zero-order chi connectivity index (χ0) is 19.5. The van der Waals surface area contributed by atoms with E-state index in [1.54, 1.807) is 24.4 Å². The summed E-state index contributed by atoms with van der Waals surface area (Å²) in [7, 11) is 0. The van der Waals surface area contributed by atoms with Gasteiger partial charge in [-0.25, -0.2) is 14.2 Å². The second-order valence-corrected chi connectivity index (χ2v) is 7.06. The van der Waals surface area contributed by atoms with Gasteiger partial charge in [0.15, 0.2) is 0 Å². The Kier molecular flexibility index (Phi) is 5.21. The predicted molar refractivity (Wildman–Crippen MR) is 101 cm³/mol. The fourth-order valence-electron chi connectivity index (χ4n) is 3.79. The van der Waals surface area contributed by atoms with Crippen molar-refractivity contribution in [2.45, 2.75) is 31.8 Å². The molecule has 1 atom stereocenters. The van der Waals surface area contributed by atoms with E-state index in [2.05, 4.69) is 9.88 Å². The van der Waals surface area contributed by atoms with E-state index >= 15 is 0 Å². The second kappa shape index (κ2) is 7.94. The molecule has 0 aliphatic carbocycles. The molecule has 2 aromatic carbocycles. The summed E-state index contributed by atoms with van der Waals surface area (Å²) in [6, 6.07) is 13.5. The first-order valence-corrected chi connectivity index (χ1v) is 9.34. The summed E-state index contributed by atoms with van der Waals surface area (Å²) in [5.74, 6) is 0.145. The lowest BCUT2D eigenvalue weighted by molar-refractivity contribution is 0.0694. The zero-order valence-corrected chi connectivity index (χ0v) is 15.3. The van der Waals surface area contributed by atoms with E-state index in [0.717, 1.165) is 30.5 Å². The van der Waals surface area contributed by atoms with Crippen LogP contribution < -0.4 is 0 Å². The minimum Gasteiger partial charge on any atom is -0.478 e. The Morgan fingerprint density at radius 1 is 1.25 bits per heavy atom. The third kappa shape index (κ3) is 3.97. The van der Waals surface area contributed by atoms with Crippen molar-refractivity contribution < 1.29 is 18.7 Å². The molecular weight excluding hydrogens is 359 g/mol. The fourth-order valence-corrected chi connectivity index (χ4v) is 3.79. The van der Waals surface area contributed by atoms with E-state index in [-0.39, 0.29) is 11.9 Å². The van der Waals surface area contributed by atoms with E-state index in [4.69, 9.17) is 4.42 Å². The summed E-state index contributed by atoms with van der Waals surface area (Å²) in [5.41, 5.74) is 1.95. The summed E-state index contributed by atoms with van der Waals surface area (Å²) < 4.78 is 19.3. The molecule has 0 unspecified atom stereocenters. The highest BCUT2D eigenvalue weighted by Gasteiger charge is 2.30. The van der Waals surface area contributed by atoms with Gasteiger partial charge in [-0.1, -0.05) is 30.3 Å². The maximum Gasteiger partial charge on any atom is 0.336 e. The summed E-state index contributed by atoms with van der Waals surface area (Å²) in [4.78, 5) is 18.1. The van der Waals surface area contributed by atoms with Crippen molar-refractivity contribution in [2.75, 3.05) is 6.54 Å². The van der Waals surface area contributed by atoms with E-state index in [1.165, 1.54) is 12.1 Å². The number of nitrogens with zero attached hydrogens (tertiary/aromatic N) is 2. The summed E-state index contributed by atoms with van der Waals surface area (Å²) in [6.45, 7) is 1.40. The maximum atomic E-state index is 13.4. The van der Waals surface area contributed by atoms with Crippen LogP contribution in [0.25, 0.3) is 0 Å². The molecule has 4 rings (SSSR count). The second-order valence-electron chi connectivity index (χ2n) is 7.06. The van der Waals surface area contributed by atoms with Crippen molar-refractivity contribution in [3.05, 3.63) is 88.9 Å². The molecule has 5 nitrogen and oxygen atoms in total. The van der Waals surface area contributed by atoms with Gasteiger partial charge in [-0.05, 0) is 48.7 Å². The molecule has 1 saturated heterocycles. The van der Waals surface area contributed by atoms with Crippen molar-refractivity contribution in [3.63, 3.8) is 0 Å². The minimum absolute atomic E-state index is 0.0168. The maximum absolute atomic E-state index is 13.4. The molecule has 2 heterocycles. The van der Waals surface area contributed by atoms with Gasteiger partial charge in [-0.3, -0.25) is 4.90 Å². The van der Waals surface area contributed by atoms with Gasteiger partial charge in [0.1, 0.15) is 11.6 Å². The molecule has 28 heavy (non-hydrogen) atoms. The number of oxazole rings is 1. The van der Waals surface area contributed by atoms with Crippen LogP contribution in [0.4, 0.5) is 4.39 Å². The number of hydrogen-bond donors (Lipinski definition) is 1. The first-order chi connectivity index (χ1) is 13.6. The lowest BCUT2D eigenvalue weighted by Gasteiger charge is -2.22. The van der Waals surface area contributed by atoms with Gasteiger partial charge in [-0.15, -0.1) is 0 Å². The van der Waals surface area contributed by atoms with Crippen molar-refractivity contribution in [3.8, 4) is 0 Å². The van der Waals surface area contributed by atoms with Crippen molar-refractivity contribution in [1.82, 2.24) is 9.88 Å². The van der Waals surface area contributed by atoms with E-state index in [9.17, 15) is 14.3 Å². The number of aromatic nitrogens is 1. The molecular formula is C22H21FN2O3. The minimum atomic E-state index is -0.917. The smallest absolute Gasteiger partial charge is 0.336 e. The molecule has 1 aliphatic heterocycles. The summed E-state index contributed by atoms with van der Waals surface area (Å²) in [5, 5.41) is 9.41. The molecule has 1 aliphatic rings. The molecule has 144 valence electrons. The van der Waals surface area contributed by atoms with Gasteiger partial charge in [-0.2, -0.15) is 0 Å². The molecule has 0 radical (unpaired) electrons. The SMILES string of the molecule is O=C(O)c1ccccc1CN1CCC[C@@H]1c1ncc(Cc2cccc(F)c2)o1. The Hall–Kier alpha value is -2.99. The van der Waals surface area contributed by atoms with Crippen LogP contribution in [0.5, 0.6) is 0 Å². The van der Waals surface area contributed by atoms with Gasteiger partial charge in [0.2, 0.25) is 5.89 Å². The number of aromatic carboxylic acids is 1. The Morgan fingerprint density at radius 3 is 2.93 bits per heavy atom. The molecule has 3 aromatic rings. The van der Waals surface area contributed by atoms with Crippen LogP contribution in [0, 0.1) is 5.82 Å². The third-order valence-electron chi connectivity index (χ3n) is 5.11. The van der Waals surface area contributed by atoms with Gasteiger partial charge in [0, 0.05) is 13.0 Å². The number of carbonyl (C=O) groups is 1. The van der Waals surface area contributed by atoms with Crippen LogP contribution in [0.15, 0.2) is 59.1 Å². The number of hydrogen-bond acceptors (Lipinski definition) is 4. The number of halogens is 1. The number of likely N-dealkylation sites (tertiary alicyclic amines) is 1. The molecule has 6 heteroatoms. The molecule has 0 bridgehead atoms. The van der Waals surface area contributed by atoms with Crippen LogP contribution in [-0.4, -0.2) is 27.5 Å². The fraction of sp³-hybridized carbons (Fsp3) is 0.273. The molecule has 0 amide bonds. The molecule has 0 spiro atoms. The zero-order valence-electron chi connectivity index (χ0n) is 15.3. The third-order valence-corrected chi connectivity index (χ3v) is 5.11. The van der Waals surface area contributed by atoms with Crippen molar-refractivity contribution in [1.29, 1.82) is 0 Å². The summed E-state index contributed by atoms with van der Waals surface area (Å²) >= 11 is 0. The molecule has 1 aromatic heterocycles. The molecule has 1 N–H and O–H groups in total. The monoisotopic (exact) mass is 380 g/mol. The van der Waals surface area contributed by atoms with Crippen LogP contribution in [0.3, 0.4) is 0 Å². The number of benzene rings is 2. The Morgan fingerprint density at radius 2 is 2.11 bits per heavy atom. The van der Waals surface area contributed by atoms with E-state index in [1.807, 2.05) is 18.2 Å². The van der Waals surface area contributed by atoms with Crippen molar-refractivity contribution in [2.24, 2.45) is 0 Å². The van der Waals surface area contributed by atoms with Crippen LogP contribution in [0.1, 0.15) is 52.0 Å². The van der Waals surface area contributed by atoms with E-state index < -0.39 is 5.97 Å². The van der Waals surface area contributed by atoms with Gasteiger partial charge in [0.25, 0.3) is 0 Å². The first kappa shape index (κ1) is 18.4. The van der Waals surface area contributed by atoms with E-state index in [0.29, 0.717) is 30.2 Å². The quantitative estimate of drug-likeness (QED) is 0.685. The topological polar surface area (TPSA) is 66.6 Å². The normalized spacial score (nSPS) is 17.1. The van der Waals surface area contributed by atoms with Gasteiger partial charge < -0.3 is 9.52 Å². The standard InChI is InChI=1S/C22H21FN2O3/c23-17-7-3-5-15(11-17)12-18-13-24-21(28-18)20-9-4-10-25(20)14-16-6-1-2-8-19(16)22(26)27/h1-3,5-8,11,13,20H,4,9-10,12,14H2,(H,26,27)/t20-/m1/s1. The Balaban J connectivity index is 1.50. The largest absolute Gasteiger partial charge is 0.478 e. The van der Waals surface area contributed by atoms with Crippen LogP contribution in [-0.2, 0) is 13.0 Å². The Labute approximate surface area is 162 Å². The van der Waals surface area contributed by atoms with Crippen LogP contribution in [0.2, 0.25) is 0 Å². The lowest BCUT2D eigenvalue weighted by atomic mass is 10.1. The molecule has 0 saturated carbocycles. The summed E-state index contributed by atoms with van der Waals surface area (Å²) in [6.07, 6.45) is 4.10. The highest BCUT2D eigenvalue weighted by molar-refractivity contribution is 5.89. The molecule has 1 fully saturated rings. The number of carboxylic acids is 1. The van der Waals surface area contributed by atoms with Crippen LogP contribution >= 0.6 is 0 Å². The lowest BCUT2D eigenvalue weighted by Crippen LogP contribution is -2.24. The number of rotatable bonds is 6. The number of carboxylic acid groups (broad SMARTS) is 1. The van der Waals surface area contributed by atoms with Gasteiger partial charge >= 0.3 is 5.97 Å². The Bertz CT molecular complexity index is 985. The van der Waals surface area contributed by atoms with Crippen molar-refractivity contribution >= 4 is 5.97 Å². The average Bonchev–Trinajstić information content (AvgIpc) is 3.31. The predicted octanol–water partition coefficient (Wildman–Crippen LogP) is 4.44. The first-order valence-electron chi connectivity index (χ1n) is 9.34.